The molecule has 1 amide bonds. The van der Waals surface area contributed by atoms with Crippen LogP contribution in [0.3, 0.4) is 0 Å². The number of aromatic nitrogens is 2. The predicted molar refractivity (Wildman–Crippen MR) is 88.3 cm³/mol. The van der Waals surface area contributed by atoms with Crippen molar-refractivity contribution >= 4 is 17.6 Å². The molecule has 1 N–H and O–H groups in total. The summed E-state index contributed by atoms with van der Waals surface area (Å²) in [6, 6.07) is 8.23. The van der Waals surface area contributed by atoms with Crippen LogP contribution in [0.2, 0.25) is 0 Å². The lowest BCUT2D eigenvalue weighted by atomic mass is 10.2. The Morgan fingerprint density at radius 3 is 2.33 bits per heavy atom. The number of anilines is 1. The van der Waals surface area contributed by atoms with Gasteiger partial charge in [-0.15, -0.1) is 0 Å². The Balaban J connectivity index is 1.71. The number of aryl methyl sites for hydroxylation is 1. The lowest BCUT2D eigenvalue weighted by molar-refractivity contribution is 0.0663. The van der Waals surface area contributed by atoms with Crippen molar-refractivity contribution in [2.24, 2.45) is 0 Å². The molecule has 1 aromatic carbocycles. The Labute approximate surface area is 139 Å². The summed E-state index contributed by atoms with van der Waals surface area (Å²) >= 11 is 0. The first kappa shape index (κ1) is 15.9. The zero-order chi connectivity index (χ0) is 17.1. The summed E-state index contributed by atoms with van der Waals surface area (Å²) in [5, 5.41) is 9.15. The highest BCUT2D eigenvalue weighted by atomic mass is 16.4. The van der Waals surface area contributed by atoms with Gasteiger partial charge in [0.25, 0.3) is 5.91 Å². The molecule has 0 atom stereocenters. The van der Waals surface area contributed by atoms with Crippen molar-refractivity contribution in [1.29, 1.82) is 0 Å². The van der Waals surface area contributed by atoms with E-state index in [-0.39, 0.29) is 17.3 Å². The Morgan fingerprint density at radius 2 is 1.71 bits per heavy atom. The molecule has 0 bridgehead atoms. The van der Waals surface area contributed by atoms with Crippen LogP contribution in [-0.2, 0) is 0 Å². The Bertz CT molecular complexity index is 770. The van der Waals surface area contributed by atoms with E-state index < -0.39 is 5.97 Å². The number of carbonyl (C=O) groups excluding carboxylic acids is 1. The van der Waals surface area contributed by atoms with E-state index >= 15 is 0 Å². The van der Waals surface area contributed by atoms with Crippen LogP contribution < -0.4 is 4.90 Å². The van der Waals surface area contributed by atoms with Crippen molar-refractivity contribution in [2.45, 2.75) is 6.92 Å². The summed E-state index contributed by atoms with van der Waals surface area (Å²) in [6.45, 7) is 4.46. The molecule has 2 heterocycles. The van der Waals surface area contributed by atoms with Gasteiger partial charge in [-0.3, -0.25) is 4.79 Å². The van der Waals surface area contributed by atoms with E-state index in [0.29, 0.717) is 26.2 Å². The van der Waals surface area contributed by atoms with E-state index in [9.17, 15) is 9.59 Å². The van der Waals surface area contributed by atoms with Crippen LogP contribution in [0, 0.1) is 6.92 Å². The first-order chi connectivity index (χ1) is 11.6. The van der Waals surface area contributed by atoms with Gasteiger partial charge in [-0.25, -0.2) is 14.8 Å². The van der Waals surface area contributed by atoms with Gasteiger partial charge in [-0.1, -0.05) is 12.1 Å². The summed E-state index contributed by atoms with van der Waals surface area (Å²) in [4.78, 5) is 35.3. The zero-order valence-electron chi connectivity index (χ0n) is 13.3. The fraction of sp³-hybridized carbons (Fsp3) is 0.294. The minimum Gasteiger partial charge on any atom is -0.476 e. The number of hydrogen-bond acceptors (Lipinski definition) is 5. The molecule has 1 aliphatic rings. The van der Waals surface area contributed by atoms with Gasteiger partial charge in [0.05, 0.1) is 0 Å². The second-order valence-corrected chi connectivity index (χ2v) is 5.68. The maximum absolute atomic E-state index is 12.6. The van der Waals surface area contributed by atoms with Gasteiger partial charge in [-0.05, 0) is 24.6 Å². The Hall–Kier alpha value is -2.96. The molecule has 1 saturated heterocycles. The first-order valence-corrected chi connectivity index (χ1v) is 7.71. The topological polar surface area (TPSA) is 86.6 Å². The summed E-state index contributed by atoms with van der Waals surface area (Å²) in [6.07, 6.45) is 2.61. The number of carbonyl (C=O) groups is 2. The Kier molecular flexibility index (Phi) is 4.41. The quantitative estimate of drug-likeness (QED) is 0.918. The van der Waals surface area contributed by atoms with E-state index in [2.05, 4.69) is 27.0 Å². The van der Waals surface area contributed by atoms with Crippen LogP contribution in [0.4, 0.5) is 5.69 Å². The van der Waals surface area contributed by atoms with E-state index in [1.165, 1.54) is 18.0 Å². The van der Waals surface area contributed by atoms with Gasteiger partial charge in [-0.2, -0.15) is 0 Å². The smallest absolute Gasteiger partial charge is 0.356 e. The number of benzene rings is 1. The van der Waals surface area contributed by atoms with Gasteiger partial charge in [0.15, 0.2) is 11.4 Å². The van der Waals surface area contributed by atoms with Crippen LogP contribution in [-0.4, -0.2) is 58.0 Å². The van der Waals surface area contributed by atoms with Crippen molar-refractivity contribution in [3.05, 3.63) is 53.6 Å². The van der Waals surface area contributed by atoms with Crippen molar-refractivity contribution < 1.29 is 14.7 Å². The highest BCUT2D eigenvalue weighted by Gasteiger charge is 2.27. The van der Waals surface area contributed by atoms with E-state index in [1.807, 2.05) is 19.1 Å². The number of carboxylic acids is 1. The standard InChI is InChI=1S/C17H18N4O3/c1-12-3-2-4-13(11-12)20-7-9-21(10-8-20)16(22)14-15(17(23)24)19-6-5-18-14/h2-6,11H,7-10H2,1H3,(H,23,24). The number of nitrogens with zero attached hydrogens (tertiary/aromatic N) is 4. The normalized spacial score (nSPS) is 14.5. The summed E-state index contributed by atoms with van der Waals surface area (Å²) in [5.74, 6) is -1.63. The van der Waals surface area contributed by atoms with Crippen LogP contribution in [0.25, 0.3) is 0 Å². The lowest BCUT2D eigenvalue weighted by Gasteiger charge is -2.36. The van der Waals surface area contributed by atoms with Gasteiger partial charge in [0.1, 0.15) is 0 Å². The summed E-state index contributed by atoms with van der Waals surface area (Å²) in [7, 11) is 0. The number of hydrogen-bond donors (Lipinski definition) is 1. The zero-order valence-corrected chi connectivity index (χ0v) is 13.3. The molecule has 0 unspecified atom stereocenters. The summed E-state index contributed by atoms with van der Waals surface area (Å²) < 4.78 is 0. The van der Waals surface area contributed by atoms with Crippen LogP contribution >= 0.6 is 0 Å². The fourth-order valence-electron chi connectivity index (χ4n) is 2.79. The molecular formula is C17H18N4O3. The molecule has 0 saturated carbocycles. The molecule has 7 heteroatoms. The molecule has 0 radical (unpaired) electrons. The predicted octanol–water partition coefficient (Wildman–Crippen LogP) is 1.45. The van der Waals surface area contributed by atoms with Gasteiger partial charge >= 0.3 is 5.97 Å². The maximum Gasteiger partial charge on any atom is 0.356 e. The SMILES string of the molecule is Cc1cccc(N2CCN(C(=O)c3nccnc3C(=O)O)CC2)c1. The molecule has 1 aliphatic heterocycles. The van der Waals surface area contributed by atoms with Gasteiger partial charge in [0.2, 0.25) is 0 Å². The number of carboxylic acid groups (broad SMARTS) is 1. The second kappa shape index (κ2) is 6.66. The van der Waals surface area contributed by atoms with Crippen molar-refractivity contribution in [3.63, 3.8) is 0 Å². The maximum atomic E-state index is 12.6. The fourth-order valence-corrected chi connectivity index (χ4v) is 2.79. The lowest BCUT2D eigenvalue weighted by Crippen LogP contribution is -2.49. The molecular weight excluding hydrogens is 308 g/mol. The molecule has 0 spiro atoms. The minimum atomic E-state index is -1.25. The monoisotopic (exact) mass is 326 g/mol. The highest BCUT2D eigenvalue weighted by Crippen LogP contribution is 2.18. The molecule has 3 rings (SSSR count). The van der Waals surface area contributed by atoms with Crippen molar-refractivity contribution in [1.82, 2.24) is 14.9 Å². The molecule has 7 nitrogen and oxygen atoms in total. The van der Waals surface area contributed by atoms with E-state index in [4.69, 9.17) is 5.11 Å². The molecule has 2 aromatic rings. The highest BCUT2D eigenvalue weighted by molar-refractivity contribution is 6.02. The average molecular weight is 326 g/mol. The van der Waals surface area contributed by atoms with Crippen LogP contribution in [0.15, 0.2) is 36.7 Å². The largest absolute Gasteiger partial charge is 0.476 e. The van der Waals surface area contributed by atoms with Crippen LogP contribution in [0.1, 0.15) is 26.5 Å². The average Bonchev–Trinajstić information content (AvgIpc) is 2.61. The third kappa shape index (κ3) is 3.19. The van der Waals surface area contributed by atoms with E-state index in [1.54, 1.807) is 4.90 Å². The van der Waals surface area contributed by atoms with E-state index in [0.717, 1.165) is 5.69 Å². The number of aromatic carboxylic acids is 1. The molecule has 0 aliphatic carbocycles. The first-order valence-electron chi connectivity index (χ1n) is 7.71. The summed E-state index contributed by atoms with van der Waals surface area (Å²) in [5.41, 5.74) is 1.92. The molecule has 1 fully saturated rings. The molecule has 124 valence electrons. The number of piperazine rings is 1. The van der Waals surface area contributed by atoms with Gasteiger partial charge < -0.3 is 14.9 Å². The van der Waals surface area contributed by atoms with Gasteiger partial charge in [0, 0.05) is 44.3 Å². The third-order valence-corrected chi connectivity index (χ3v) is 4.04. The third-order valence-electron chi connectivity index (χ3n) is 4.04. The minimum absolute atomic E-state index is 0.103. The molecule has 24 heavy (non-hydrogen) atoms. The van der Waals surface area contributed by atoms with Crippen molar-refractivity contribution in [3.8, 4) is 0 Å². The Morgan fingerprint density at radius 1 is 1.04 bits per heavy atom. The molecule has 1 aromatic heterocycles. The number of amides is 1. The second-order valence-electron chi connectivity index (χ2n) is 5.68. The van der Waals surface area contributed by atoms with Crippen LogP contribution in [0.5, 0.6) is 0 Å². The van der Waals surface area contributed by atoms with Crippen molar-refractivity contribution in [2.75, 3.05) is 31.1 Å². The number of rotatable bonds is 3.